The molecule has 0 radical (unpaired) electrons. The maximum atomic E-state index is 5.88. The first-order valence-electron chi connectivity index (χ1n) is 7.80. The Morgan fingerprint density at radius 3 is 2.43 bits per heavy atom. The molecule has 1 aliphatic carbocycles. The predicted molar refractivity (Wildman–Crippen MR) is 95.1 cm³/mol. The van der Waals surface area contributed by atoms with Crippen molar-refractivity contribution in [3.05, 3.63) is 42.0 Å². The Kier molecular flexibility index (Phi) is 4.11. The summed E-state index contributed by atoms with van der Waals surface area (Å²) in [7, 11) is 0. The van der Waals surface area contributed by atoms with E-state index in [1.807, 2.05) is 0 Å². The molecule has 0 bridgehead atoms. The van der Waals surface area contributed by atoms with E-state index in [1.54, 1.807) is 0 Å². The van der Waals surface area contributed by atoms with Gasteiger partial charge in [-0.25, -0.2) is 0 Å². The van der Waals surface area contributed by atoms with Crippen LogP contribution in [0, 0.1) is 0 Å². The first-order valence-corrected chi connectivity index (χ1v) is 8.21. The molecule has 0 aromatic heterocycles. The highest BCUT2D eigenvalue weighted by atomic mass is 32.1. The van der Waals surface area contributed by atoms with Crippen LogP contribution in [-0.4, -0.2) is 17.6 Å². The van der Waals surface area contributed by atoms with Gasteiger partial charge in [-0.15, -0.1) is 0 Å². The van der Waals surface area contributed by atoms with E-state index in [0.717, 1.165) is 12.1 Å². The van der Waals surface area contributed by atoms with Crippen molar-refractivity contribution >= 4 is 33.7 Å². The second-order valence-electron chi connectivity index (χ2n) is 5.77. The van der Waals surface area contributed by atoms with E-state index in [0.29, 0.717) is 11.0 Å². The minimum Gasteiger partial charge on any atom is -0.389 e. The molecule has 0 atom stereocenters. The van der Waals surface area contributed by atoms with Gasteiger partial charge < -0.3 is 10.6 Å². The highest BCUT2D eigenvalue weighted by Gasteiger charge is 2.23. The van der Waals surface area contributed by atoms with Crippen LogP contribution >= 0.6 is 12.2 Å². The molecule has 0 saturated heterocycles. The van der Waals surface area contributed by atoms with Gasteiger partial charge in [-0.2, -0.15) is 0 Å². The third kappa shape index (κ3) is 2.62. The zero-order valence-electron chi connectivity index (χ0n) is 12.5. The molecular weight excluding hydrogens is 276 g/mol. The molecule has 1 fully saturated rings. The molecule has 0 heterocycles. The summed E-state index contributed by atoms with van der Waals surface area (Å²) in [6.07, 6.45) is 5.31. The van der Waals surface area contributed by atoms with Crippen LogP contribution in [0.4, 0.5) is 5.69 Å². The summed E-state index contributed by atoms with van der Waals surface area (Å²) in [5, 5.41) is 2.43. The van der Waals surface area contributed by atoms with Crippen LogP contribution in [0.1, 0.15) is 38.2 Å². The smallest absolute Gasteiger partial charge is 0.104 e. The molecule has 1 aliphatic rings. The third-order valence-electron chi connectivity index (χ3n) is 4.58. The van der Waals surface area contributed by atoms with Gasteiger partial charge in [0.2, 0.25) is 0 Å². The second kappa shape index (κ2) is 6.02. The summed E-state index contributed by atoms with van der Waals surface area (Å²) in [5.41, 5.74) is 8.18. The molecule has 0 spiro atoms. The number of benzene rings is 2. The Morgan fingerprint density at radius 1 is 1.14 bits per heavy atom. The van der Waals surface area contributed by atoms with Gasteiger partial charge in [-0.05, 0) is 37.3 Å². The van der Waals surface area contributed by atoms with E-state index in [4.69, 9.17) is 18.0 Å². The van der Waals surface area contributed by atoms with Crippen molar-refractivity contribution < 1.29 is 0 Å². The highest BCUT2D eigenvalue weighted by molar-refractivity contribution is 7.80. The number of hydrogen-bond donors (Lipinski definition) is 1. The van der Waals surface area contributed by atoms with E-state index < -0.39 is 0 Å². The largest absolute Gasteiger partial charge is 0.389 e. The number of thiocarbonyl (C=S) groups is 1. The maximum Gasteiger partial charge on any atom is 0.104 e. The SMILES string of the molecule is CCN(c1ccc(C(N)=S)c2ccccc12)C1CCCC1. The molecule has 21 heavy (non-hydrogen) atoms. The normalized spacial score (nSPS) is 15.5. The molecule has 0 unspecified atom stereocenters. The molecule has 2 aromatic rings. The van der Waals surface area contributed by atoms with Gasteiger partial charge in [0.25, 0.3) is 0 Å². The lowest BCUT2D eigenvalue weighted by Gasteiger charge is -2.31. The fraction of sp³-hybridized carbons (Fsp3) is 0.389. The second-order valence-corrected chi connectivity index (χ2v) is 6.21. The van der Waals surface area contributed by atoms with Crippen LogP contribution in [0.3, 0.4) is 0 Å². The first kappa shape index (κ1) is 14.3. The van der Waals surface area contributed by atoms with E-state index in [-0.39, 0.29) is 0 Å². The van der Waals surface area contributed by atoms with Crippen molar-refractivity contribution in [1.82, 2.24) is 0 Å². The third-order valence-corrected chi connectivity index (χ3v) is 4.80. The summed E-state index contributed by atoms with van der Waals surface area (Å²) >= 11 is 5.20. The number of nitrogens with two attached hydrogens (primary N) is 1. The van der Waals surface area contributed by atoms with Gasteiger partial charge in [0.1, 0.15) is 4.99 Å². The zero-order chi connectivity index (χ0) is 14.8. The number of anilines is 1. The van der Waals surface area contributed by atoms with Crippen molar-refractivity contribution in [2.75, 3.05) is 11.4 Å². The molecule has 1 saturated carbocycles. The number of nitrogens with zero attached hydrogens (tertiary/aromatic N) is 1. The first-order chi connectivity index (χ1) is 10.2. The number of fused-ring (bicyclic) bond motifs is 1. The minimum atomic E-state index is 0.474. The van der Waals surface area contributed by atoms with E-state index in [1.165, 1.54) is 42.1 Å². The maximum absolute atomic E-state index is 5.88. The van der Waals surface area contributed by atoms with Crippen molar-refractivity contribution in [3.63, 3.8) is 0 Å². The molecule has 3 heteroatoms. The molecule has 2 N–H and O–H groups in total. The van der Waals surface area contributed by atoms with Gasteiger partial charge in [0, 0.05) is 29.2 Å². The summed E-state index contributed by atoms with van der Waals surface area (Å²) in [5.74, 6) is 0. The topological polar surface area (TPSA) is 29.3 Å². The molecule has 2 nitrogen and oxygen atoms in total. The lowest BCUT2D eigenvalue weighted by Crippen LogP contribution is -2.33. The van der Waals surface area contributed by atoms with Gasteiger partial charge in [0.15, 0.2) is 0 Å². The van der Waals surface area contributed by atoms with Crippen LogP contribution in [-0.2, 0) is 0 Å². The van der Waals surface area contributed by atoms with Crippen molar-refractivity contribution in [3.8, 4) is 0 Å². The highest BCUT2D eigenvalue weighted by Crippen LogP contribution is 2.34. The van der Waals surface area contributed by atoms with Gasteiger partial charge in [-0.1, -0.05) is 49.3 Å². The fourth-order valence-corrected chi connectivity index (χ4v) is 3.77. The van der Waals surface area contributed by atoms with Crippen molar-refractivity contribution in [1.29, 1.82) is 0 Å². The summed E-state index contributed by atoms with van der Waals surface area (Å²) < 4.78 is 0. The van der Waals surface area contributed by atoms with Crippen LogP contribution in [0.2, 0.25) is 0 Å². The Morgan fingerprint density at radius 2 is 1.81 bits per heavy atom. The standard InChI is InChI=1S/C18H22N2S/c1-2-20(13-7-3-4-8-13)17-12-11-16(18(19)21)14-9-5-6-10-15(14)17/h5-6,9-13H,2-4,7-8H2,1H3,(H2,19,21). The Labute approximate surface area is 131 Å². The van der Waals surface area contributed by atoms with Crippen LogP contribution < -0.4 is 10.6 Å². The summed E-state index contributed by atoms with van der Waals surface area (Å²) in [6.45, 7) is 3.29. The predicted octanol–water partition coefficient (Wildman–Crippen LogP) is 4.24. The molecule has 0 amide bonds. The van der Waals surface area contributed by atoms with Gasteiger partial charge in [-0.3, -0.25) is 0 Å². The van der Waals surface area contributed by atoms with E-state index in [9.17, 15) is 0 Å². The Bertz CT molecular complexity index is 659. The molecular formula is C18H22N2S. The molecule has 2 aromatic carbocycles. The molecule has 0 aliphatic heterocycles. The Hall–Kier alpha value is -1.61. The van der Waals surface area contributed by atoms with Crippen molar-refractivity contribution in [2.24, 2.45) is 5.73 Å². The monoisotopic (exact) mass is 298 g/mol. The molecule has 3 rings (SSSR count). The average Bonchev–Trinajstić information content (AvgIpc) is 3.02. The van der Waals surface area contributed by atoms with Crippen LogP contribution in [0.15, 0.2) is 36.4 Å². The van der Waals surface area contributed by atoms with Gasteiger partial charge in [0.05, 0.1) is 0 Å². The number of hydrogen-bond acceptors (Lipinski definition) is 2. The number of rotatable bonds is 4. The average molecular weight is 298 g/mol. The van der Waals surface area contributed by atoms with Crippen LogP contribution in [0.5, 0.6) is 0 Å². The Balaban J connectivity index is 2.14. The minimum absolute atomic E-state index is 0.474. The van der Waals surface area contributed by atoms with E-state index >= 15 is 0 Å². The fourth-order valence-electron chi connectivity index (χ4n) is 3.59. The quantitative estimate of drug-likeness (QED) is 0.856. The van der Waals surface area contributed by atoms with E-state index in [2.05, 4.69) is 48.2 Å². The molecule has 110 valence electrons. The lowest BCUT2D eigenvalue weighted by atomic mass is 10.0. The lowest BCUT2D eigenvalue weighted by molar-refractivity contribution is 0.621. The van der Waals surface area contributed by atoms with Crippen LogP contribution in [0.25, 0.3) is 10.8 Å². The summed E-state index contributed by atoms with van der Waals surface area (Å²) in [4.78, 5) is 3.03. The van der Waals surface area contributed by atoms with Gasteiger partial charge >= 0.3 is 0 Å². The summed E-state index contributed by atoms with van der Waals surface area (Å²) in [6, 6.07) is 13.4. The van der Waals surface area contributed by atoms with Crippen molar-refractivity contribution in [2.45, 2.75) is 38.6 Å². The zero-order valence-corrected chi connectivity index (χ0v) is 13.3.